The fraction of sp³-hybridized carbons (Fsp3) is 0.222. The van der Waals surface area contributed by atoms with Gasteiger partial charge in [-0.3, -0.25) is 34.3 Å². The molecule has 6 aromatic rings. The molecule has 2 amide bonds. The van der Waals surface area contributed by atoms with Crippen LogP contribution in [-0.4, -0.2) is 81.7 Å². The van der Waals surface area contributed by atoms with Crippen LogP contribution in [0, 0.1) is 27.9 Å². The average Bonchev–Trinajstić information content (AvgIpc) is 3.82. The van der Waals surface area contributed by atoms with Gasteiger partial charge in [0.25, 0.3) is 5.69 Å². The van der Waals surface area contributed by atoms with Gasteiger partial charge in [-0.25, -0.2) is 9.69 Å². The molecule has 2 saturated heterocycles. The molecular formula is C54H46N4O11. The number of carboxylic acids is 1. The summed E-state index contributed by atoms with van der Waals surface area (Å²) in [7, 11) is 1.93. The molecule has 0 aromatic heterocycles. The van der Waals surface area contributed by atoms with E-state index in [9.17, 15) is 34.7 Å². The molecule has 9 rings (SSSR count). The topological polar surface area (TPSA) is 189 Å². The Balaban J connectivity index is 1.24. The second-order valence-electron chi connectivity index (χ2n) is 17.1. The van der Waals surface area contributed by atoms with Gasteiger partial charge >= 0.3 is 18.0 Å². The van der Waals surface area contributed by atoms with Gasteiger partial charge in [0.15, 0.2) is 0 Å². The minimum absolute atomic E-state index is 0.00264. The van der Waals surface area contributed by atoms with Crippen molar-refractivity contribution in [1.82, 2.24) is 9.80 Å². The van der Waals surface area contributed by atoms with E-state index < -0.39 is 64.4 Å². The number of esters is 1. The third-order valence-corrected chi connectivity index (χ3v) is 12.8. The first-order chi connectivity index (χ1) is 33.5. The van der Waals surface area contributed by atoms with E-state index in [2.05, 4.69) is 11.8 Å². The van der Waals surface area contributed by atoms with E-state index in [1.54, 1.807) is 41.3 Å². The van der Waals surface area contributed by atoms with Crippen LogP contribution in [0.3, 0.4) is 0 Å². The summed E-state index contributed by atoms with van der Waals surface area (Å²) in [5.41, 5.74) is 1.38. The second-order valence-corrected chi connectivity index (χ2v) is 17.1. The molecule has 15 nitrogen and oxygen atoms in total. The lowest BCUT2D eigenvalue weighted by molar-refractivity contribution is -0.384. The summed E-state index contributed by atoms with van der Waals surface area (Å²) >= 11 is 0. The Labute approximate surface area is 397 Å². The number of aliphatic carboxylic acids is 1. The Hall–Kier alpha value is -8.16. The van der Waals surface area contributed by atoms with Crippen molar-refractivity contribution in [3.8, 4) is 17.6 Å². The number of fused-ring (bicyclic) bond motifs is 3. The van der Waals surface area contributed by atoms with Gasteiger partial charge in [-0.2, -0.15) is 0 Å². The van der Waals surface area contributed by atoms with Gasteiger partial charge in [0, 0.05) is 24.2 Å². The first kappa shape index (κ1) is 46.0. The maximum absolute atomic E-state index is 16.1. The number of carbonyl (C=O) groups excluding carboxylic acids is 3. The van der Waals surface area contributed by atoms with E-state index in [4.69, 9.17) is 14.2 Å². The highest BCUT2D eigenvalue weighted by Gasteiger charge is 2.76. The smallest absolute Gasteiger partial charge is 0.421 e. The van der Waals surface area contributed by atoms with Gasteiger partial charge in [0.2, 0.25) is 5.91 Å². The molecule has 0 aliphatic carbocycles. The number of non-ortho nitro benzene ring substituents is 1. The second kappa shape index (κ2) is 19.6. The monoisotopic (exact) mass is 926 g/mol. The predicted molar refractivity (Wildman–Crippen MR) is 252 cm³/mol. The molecule has 15 heteroatoms. The van der Waals surface area contributed by atoms with Crippen molar-refractivity contribution < 1.29 is 48.5 Å². The third kappa shape index (κ3) is 8.68. The quantitative estimate of drug-likeness (QED) is 0.0501. The van der Waals surface area contributed by atoms with Gasteiger partial charge in [0.05, 0.1) is 35.8 Å². The number of hydrogen-bond acceptors (Lipinski definition) is 12. The number of ether oxygens (including phenoxy) is 3. The van der Waals surface area contributed by atoms with Crippen LogP contribution < -0.4 is 9.64 Å². The van der Waals surface area contributed by atoms with Crippen LogP contribution in [0.2, 0.25) is 0 Å². The summed E-state index contributed by atoms with van der Waals surface area (Å²) in [6.45, 7) is 0.335. The molecule has 2 fully saturated rings. The average molecular weight is 927 g/mol. The first-order valence-corrected chi connectivity index (χ1v) is 22.3. The lowest BCUT2D eigenvalue weighted by atomic mass is 9.65. The van der Waals surface area contributed by atoms with Gasteiger partial charge < -0.3 is 24.4 Å². The normalized spacial score (nSPS) is 21.5. The number of hydrogen-bond donors (Lipinski definition) is 2. The summed E-state index contributed by atoms with van der Waals surface area (Å²) in [6, 6.07) is 41.3. The summed E-state index contributed by atoms with van der Waals surface area (Å²) in [5, 5.41) is 32.5. The van der Waals surface area contributed by atoms with Crippen molar-refractivity contribution in [2.75, 3.05) is 31.7 Å². The number of nitro groups is 1. The largest absolute Gasteiger partial charge is 0.491 e. The lowest BCUT2D eigenvalue weighted by Crippen LogP contribution is -2.53. The Morgan fingerprint density at radius 1 is 0.812 bits per heavy atom. The molecule has 2 N–H and O–H groups in total. The van der Waals surface area contributed by atoms with Crippen molar-refractivity contribution in [2.24, 2.45) is 5.92 Å². The molecule has 3 aliphatic rings. The van der Waals surface area contributed by atoms with Gasteiger partial charge in [-0.05, 0) is 82.9 Å². The number of carboxylic acid groups (broad SMARTS) is 1. The number of anilines is 1. The van der Waals surface area contributed by atoms with Crippen LogP contribution in [0.15, 0.2) is 158 Å². The third-order valence-electron chi connectivity index (χ3n) is 12.8. The van der Waals surface area contributed by atoms with Crippen molar-refractivity contribution in [1.29, 1.82) is 0 Å². The Bertz CT molecular complexity index is 2940. The number of benzene rings is 6. The number of aliphatic hydroxyl groups excluding tert-OH is 1. The SMILES string of the molecule is CN(CC#Cc1ccc2c(c1)[C@]1(C(=O)N2C(=O)OCc2ccc([N+](=O)[O-])cc2)[C@H](C(=O)O)[C@H]2C(=O)O[C@H](c3ccccc3)[C@H](c3ccccc3)N2[C@@H]1c1ccc(OCCO)cc1)Cc1ccccc1. The number of cyclic esters (lactones) is 1. The highest BCUT2D eigenvalue weighted by Crippen LogP contribution is 2.66. The molecule has 1 spiro atoms. The van der Waals surface area contributed by atoms with E-state index in [-0.39, 0.29) is 36.8 Å². The van der Waals surface area contributed by atoms with Gasteiger partial charge in [-0.1, -0.05) is 115 Å². The zero-order chi connectivity index (χ0) is 48.2. The number of nitrogens with zero attached hydrogens (tertiary/aromatic N) is 4. The van der Waals surface area contributed by atoms with Crippen LogP contribution in [0.25, 0.3) is 0 Å². The Morgan fingerprint density at radius 3 is 2.10 bits per heavy atom. The molecule has 0 radical (unpaired) electrons. The summed E-state index contributed by atoms with van der Waals surface area (Å²) in [5.74, 6) is 1.61. The number of imide groups is 1. The van der Waals surface area contributed by atoms with E-state index in [0.717, 1.165) is 10.5 Å². The number of nitro benzene ring substituents is 1. The number of amides is 2. The molecule has 6 atom stereocenters. The highest BCUT2D eigenvalue weighted by molar-refractivity contribution is 6.23. The van der Waals surface area contributed by atoms with Crippen molar-refractivity contribution in [3.05, 3.63) is 207 Å². The molecule has 348 valence electrons. The molecule has 69 heavy (non-hydrogen) atoms. The molecule has 0 unspecified atom stereocenters. The minimum atomic E-state index is -2.23. The number of morpholine rings is 1. The van der Waals surface area contributed by atoms with E-state index in [1.807, 2.05) is 103 Å². The minimum Gasteiger partial charge on any atom is -0.491 e. The standard InChI is InChI=1S/C54H46N4O11/c1-55(33-36-12-5-2-6-13-36)29-11-14-35-21-28-44-43(32-35)54(52(63)56(44)53(64)68-34-37-19-24-41(25-20-37)58(65)66)45(50(60)61)47-51(62)69-48(39-17-9-4-10-18-39)46(38-15-7-3-8-16-38)57(47)49(54)40-22-26-42(27-23-40)67-31-30-59/h2-10,12-13,15-28,32,45-49,59H,29-31,33-34H2,1H3,(H,60,61)/t45-,46-,47-,48+,49+,54-/m0/s1. The van der Waals surface area contributed by atoms with Crippen molar-refractivity contribution in [2.45, 2.75) is 42.8 Å². The fourth-order valence-electron chi connectivity index (χ4n) is 10.0. The summed E-state index contributed by atoms with van der Waals surface area (Å²) < 4.78 is 17.9. The van der Waals surface area contributed by atoms with Crippen LogP contribution >= 0.6 is 0 Å². The van der Waals surface area contributed by atoms with E-state index >= 15 is 4.79 Å². The lowest BCUT2D eigenvalue weighted by Gasteiger charge is -2.46. The molecule has 3 aliphatic heterocycles. The van der Waals surface area contributed by atoms with Gasteiger partial charge in [0.1, 0.15) is 42.4 Å². The van der Waals surface area contributed by atoms with Crippen LogP contribution in [0.1, 0.15) is 57.1 Å². The molecule has 0 saturated carbocycles. The Morgan fingerprint density at radius 2 is 1.46 bits per heavy atom. The fourth-order valence-corrected chi connectivity index (χ4v) is 10.0. The molecule has 6 aromatic carbocycles. The Kier molecular flexibility index (Phi) is 13.1. The van der Waals surface area contributed by atoms with Crippen molar-refractivity contribution in [3.63, 3.8) is 0 Å². The number of aliphatic hydroxyl groups is 1. The number of rotatable bonds is 13. The van der Waals surface area contributed by atoms with Gasteiger partial charge in [-0.15, -0.1) is 0 Å². The van der Waals surface area contributed by atoms with Crippen LogP contribution in [0.5, 0.6) is 5.75 Å². The molecule has 3 heterocycles. The highest BCUT2D eigenvalue weighted by atomic mass is 16.6. The van der Waals surface area contributed by atoms with Crippen molar-refractivity contribution >= 4 is 35.3 Å². The van der Waals surface area contributed by atoms with Crippen LogP contribution in [0.4, 0.5) is 16.2 Å². The molecule has 0 bridgehead atoms. The zero-order valence-electron chi connectivity index (χ0n) is 37.3. The first-order valence-electron chi connectivity index (χ1n) is 22.3. The van der Waals surface area contributed by atoms with E-state index in [0.29, 0.717) is 46.7 Å². The number of carbonyl (C=O) groups is 4. The van der Waals surface area contributed by atoms with Crippen LogP contribution in [-0.2, 0) is 42.4 Å². The maximum Gasteiger partial charge on any atom is 0.421 e. The molecular weight excluding hydrogens is 881 g/mol. The summed E-state index contributed by atoms with van der Waals surface area (Å²) in [4.78, 5) is 75.4. The maximum atomic E-state index is 16.1. The zero-order valence-corrected chi connectivity index (χ0v) is 37.3. The summed E-state index contributed by atoms with van der Waals surface area (Å²) in [6.07, 6.45) is -2.12. The van der Waals surface area contributed by atoms with E-state index in [1.165, 1.54) is 30.3 Å². The predicted octanol–water partition coefficient (Wildman–Crippen LogP) is 7.54.